The van der Waals surface area contributed by atoms with Crippen LogP contribution in [0.15, 0.2) is 108 Å². The van der Waals surface area contributed by atoms with E-state index >= 15 is 0 Å². The lowest BCUT2D eigenvalue weighted by molar-refractivity contribution is -0.140. The minimum atomic E-state index is -4.26. The summed E-state index contributed by atoms with van der Waals surface area (Å²) in [5.41, 5.74) is 2.74. The lowest BCUT2D eigenvalue weighted by Crippen LogP contribution is -2.54. The van der Waals surface area contributed by atoms with Gasteiger partial charge in [0.05, 0.1) is 15.6 Å². The highest BCUT2D eigenvalue weighted by Crippen LogP contribution is 2.33. The third kappa shape index (κ3) is 8.40. The molecule has 0 heterocycles. The van der Waals surface area contributed by atoms with E-state index in [1.54, 1.807) is 18.2 Å². The zero-order chi connectivity index (χ0) is 31.9. The number of nitrogens with one attached hydrogen (secondary N) is 1. The summed E-state index contributed by atoms with van der Waals surface area (Å²) in [5.74, 6) is -0.913. The fourth-order valence-corrected chi connectivity index (χ4v) is 6.87. The summed E-state index contributed by atoms with van der Waals surface area (Å²) in [6.07, 6.45) is 0.226. The molecule has 0 spiro atoms. The summed E-state index contributed by atoms with van der Waals surface area (Å²) in [6.45, 7) is 5.11. The summed E-state index contributed by atoms with van der Waals surface area (Å²) in [6, 6.07) is 28.2. The van der Waals surface area contributed by atoms with Gasteiger partial charge in [-0.1, -0.05) is 102 Å². The third-order valence-corrected chi connectivity index (χ3v) is 9.24. The minimum absolute atomic E-state index is 0.0116. The molecule has 0 fully saturated rings. The first-order valence-corrected chi connectivity index (χ1v) is 16.4. The molecule has 0 aliphatic heterocycles. The van der Waals surface area contributed by atoms with Crippen molar-refractivity contribution >= 4 is 50.7 Å². The molecule has 230 valence electrons. The van der Waals surface area contributed by atoms with Crippen LogP contribution in [0.5, 0.6) is 0 Å². The summed E-state index contributed by atoms with van der Waals surface area (Å²) in [4.78, 5) is 29.7. The fourth-order valence-electron chi connectivity index (χ4n) is 4.86. The maximum absolute atomic E-state index is 14.5. The molecular weight excluding hydrogens is 617 g/mol. The molecule has 0 aliphatic rings. The van der Waals surface area contributed by atoms with E-state index in [2.05, 4.69) is 5.32 Å². The molecule has 2 amide bonds. The monoisotopic (exact) mass is 651 g/mol. The van der Waals surface area contributed by atoms with Crippen LogP contribution in [-0.2, 0) is 32.6 Å². The number of anilines is 1. The van der Waals surface area contributed by atoms with Crippen LogP contribution in [0.2, 0.25) is 10.0 Å². The second-order valence-corrected chi connectivity index (χ2v) is 13.5. The number of carbonyl (C=O) groups is 2. The topological polar surface area (TPSA) is 86.8 Å². The van der Waals surface area contributed by atoms with Crippen molar-refractivity contribution < 1.29 is 18.0 Å². The van der Waals surface area contributed by atoms with E-state index in [0.29, 0.717) is 5.02 Å². The number of aryl methyl sites for hydroxylation is 1. The van der Waals surface area contributed by atoms with Crippen LogP contribution < -0.4 is 9.62 Å². The summed E-state index contributed by atoms with van der Waals surface area (Å²) >= 11 is 12.7. The quantitative estimate of drug-likeness (QED) is 0.186. The number of halogens is 2. The smallest absolute Gasteiger partial charge is 0.264 e. The van der Waals surface area contributed by atoms with Crippen LogP contribution in [0.1, 0.15) is 30.5 Å². The van der Waals surface area contributed by atoms with Gasteiger partial charge in [0.15, 0.2) is 0 Å². The van der Waals surface area contributed by atoms with Crippen molar-refractivity contribution in [3.63, 3.8) is 0 Å². The molecule has 0 aromatic heterocycles. The Kier molecular flexibility index (Phi) is 11.1. The van der Waals surface area contributed by atoms with Crippen LogP contribution in [0.3, 0.4) is 0 Å². The van der Waals surface area contributed by atoms with Gasteiger partial charge >= 0.3 is 0 Å². The first-order chi connectivity index (χ1) is 21.0. The Hall–Kier alpha value is -3.85. The third-order valence-electron chi connectivity index (χ3n) is 6.93. The molecule has 0 unspecified atom stereocenters. The van der Waals surface area contributed by atoms with Crippen LogP contribution in [0, 0.1) is 6.92 Å². The highest BCUT2D eigenvalue weighted by Gasteiger charge is 2.35. The lowest BCUT2D eigenvalue weighted by atomic mass is 10.0. The molecule has 0 radical (unpaired) electrons. The Morgan fingerprint density at radius 3 is 2.07 bits per heavy atom. The Morgan fingerprint density at radius 1 is 0.818 bits per heavy atom. The number of rotatable bonds is 12. The SMILES string of the molecule is Cc1cccc(CN(C(=O)CN(c2ccc(Cl)cc2Cl)S(=O)(=O)c2ccccc2)[C@@H](Cc2ccccc2)C(=O)NC(C)C)c1. The number of amides is 2. The molecule has 7 nitrogen and oxygen atoms in total. The number of benzene rings is 4. The van der Waals surface area contributed by atoms with Crippen molar-refractivity contribution in [1.29, 1.82) is 0 Å². The number of sulfonamides is 1. The number of nitrogens with zero attached hydrogens (tertiary/aromatic N) is 2. The average Bonchev–Trinajstić information content (AvgIpc) is 2.98. The van der Waals surface area contributed by atoms with Gasteiger partial charge in [0.25, 0.3) is 10.0 Å². The minimum Gasteiger partial charge on any atom is -0.352 e. The molecule has 4 rings (SSSR count). The average molecular weight is 653 g/mol. The van der Waals surface area contributed by atoms with Crippen molar-refractivity contribution in [1.82, 2.24) is 10.2 Å². The summed E-state index contributed by atoms with van der Waals surface area (Å²) in [7, 11) is -4.26. The fraction of sp³-hybridized carbons (Fsp3) is 0.235. The van der Waals surface area contributed by atoms with E-state index in [9.17, 15) is 18.0 Å². The molecule has 1 atom stereocenters. The molecular formula is C34H35Cl2N3O4S. The maximum atomic E-state index is 14.5. The predicted molar refractivity (Wildman–Crippen MR) is 176 cm³/mol. The zero-order valence-electron chi connectivity index (χ0n) is 24.8. The van der Waals surface area contributed by atoms with Gasteiger partial charge in [-0.2, -0.15) is 0 Å². The molecule has 10 heteroatoms. The highest BCUT2D eigenvalue weighted by atomic mass is 35.5. The normalized spacial score (nSPS) is 12.0. The molecule has 0 saturated heterocycles. The highest BCUT2D eigenvalue weighted by molar-refractivity contribution is 7.92. The van der Waals surface area contributed by atoms with Gasteiger partial charge in [-0.15, -0.1) is 0 Å². The van der Waals surface area contributed by atoms with E-state index < -0.39 is 28.5 Å². The molecule has 0 saturated carbocycles. The maximum Gasteiger partial charge on any atom is 0.264 e. The molecule has 0 bridgehead atoms. The molecule has 44 heavy (non-hydrogen) atoms. The van der Waals surface area contributed by atoms with E-state index in [-0.39, 0.29) is 40.5 Å². The van der Waals surface area contributed by atoms with Gasteiger partial charge < -0.3 is 10.2 Å². The van der Waals surface area contributed by atoms with Crippen molar-refractivity contribution in [2.45, 2.75) is 50.7 Å². The molecule has 0 aliphatic carbocycles. The first kappa shape index (κ1) is 33.1. The van der Waals surface area contributed by atoms with E-state index in [4.69, 9.17) is 23.2 Å². The molecule has 4 aromatic carbocycles. The predicted octanol–water partition coefficient (Wildman–Crippen LogP) is 6.66. The molecule has 1 N–H and O–H groups in total. The largest absolute Gasteiger partial charge is 0.352 e. The van der Waals surface area contributed by atoms with E-state index in [0.717, 1.165) is 21.0 Å². The Labute approximate surface area is 269 Å². The van der Waals surface area contributed by atoms with Gasteiger partial charge in [-0.25, -0.2) is 8.42 Å². The van der Waals surface area contributed by atoms with Crippen molar-refractivity contribution in [2.24, 2.45) is 0 Å². The first-order valence-electron chi connectivity index (χ1n) is 14.2. The van der Waals surface area contributed by atoms with Gasteiger partial charge in [-0.05, 0) is 62.2 Å². The van der Waals surface area contributed by atoms with Crippen LogP contribution >= 0.6 is 23.2 Å². The number of hydrogen-bond donors (Lipinski definition) is 1. The van der Waals surface area contributed by atoms with Gasteiger partial charge in [0.2, 0.25) is 11.8 Å². The van der Waals surface area contributed by atoms with Gasteiger partial charge in [-0.3, -0.25) is 13.9 Å². The van der Waals surface area contributed by atoms with E-state index in [1.807, 2.05) is 75.4 Å². The van der Waals surface area contributed by atoms with Crippen molar-refractivity contribution in [3.8, 4) is 0 Å². The van der Waals surface area contributed by atoms with Crippen LogP contribution in [0.4, 0.5) is 5.69 Å². The second kappa shape index (κ2) is 14.8. The van der Waals surface area contributed by atoms with Crippen LogP contribution in [-0.4, -0.2) is 43.8 Å². The van der Waals surface area contributed by atoms with Gasteiger partial charge in [0, 0.05) is 24.0 Å². The van der Waals surface area contributed by atoms with Crippen molar-refractivity contribution in [3.05, 3.63) is 130 Å². The van der Waals surface area contributed by atoms with Gasteiger partial charge in [0.1, 0.15) is 12.6 Å². The summed E-state index contributed by atoms with van der Waals surface area (Å²) < 4.78 is 29.1. The lowest BCUT2D eigenvalue weighted by Gasteiger charge is -2.34. The Bertz CT molecular complexity index is 1700. The summed E-state index contributed by atoms with van der Waals surface area (Å²) in [5, 5.41) is 3.33. The van der Waals surface area contributed by atoms with Crippen LogP contribution in [0.25, 0.3) is 0 Å². The number of hydrogen-bond acceptors (Lipinski definition) is 4. The number of carbonyl (C=O) groups excluding carboxylic acids is 2. The Balaban J connectivity index is 1.82. The zero-order valence-corrected chi connectivity index (χ0v) is 27.1. The standard InChI is InChI=1S/C34H35Cl2N3O4S/c1-24(2)37-34(41)32(20-26-12-6-4-7-13-26)38(22-27-14-10-11-25(3)19-27)33(40)23-39(31-18-17-28(35)21-30(31)36)44(42,43)29-15-8-5-9-16-29/h4-19,21,24,32H,20,22-23H2,1-3H3,(H,37,41)/t32-/m0/s1. The van der Waals surface area contributed by atoms with E-state index in [1.165, 1.54) is 35.2 Å². The second-order valence-electron chi connectivity index (χ2n) is 10.8. The van der Waals surface area contributed by atoms with Crippen molar-refractivity contribution in [2.75, 3.05) is 10.8 Å². The Morgan fingerprint density at radius 2 is 1.45 bits per heavy atom. The molecule has 4 aromatic rings.